The van der Waals surface area contributed by atoms with Gasteiger partial charge < -0.3 is 4.74 Å². The van der Waals surface area contributed by atoms with Crippen LogP contribution in [0.3, 0.4) is 0 Å². The second kappa shape index (κ2) is 6.49. The minimum atomic E-state index is -0.0993. The van der Waals surface area contributed by atoms with E-state index in [-0.39, 0.29) is 5.56 Å². The molecule has 0 saturated carbocycles. The topological polar surface area (TPSA) is 56.5 Å². The molecule has 0 aliphatic carbocycles. The van der Waals surface area contributed by atoms with Crippen LogP contribution >= 0.6 is 11.3 Å². The van der Waals surface area contributed by atoms with Crippen LogP contribution in [-0.4, -0.2) is 21.2 Å². The van der Waals surface area contributed by atoms with E-state index in [0.717, 1.165) is 16.9 Å². The zero-order chi connectivity index (χ0) is 17.2. The van der Waals surface area contributed by atoms with Crippen LogP contribution in [0.15, 0.2) is 59.4 Å². The van der Waals surface area contributed by atoms with Crippen molar-refractivity contribution in [2.75, 3.05) is 6.61 Å². The lowest BCUT2D eigenvalue weighted by Crippen LogP contribution is -2.23. The summed E-state index contributed by atoms with van der Waals surface area (Å²) in [5.74, 6) is 1.39. The molecule has 4 rings (SSSR count). The van der Waals surface area contributed by atoms with Crippen LogP contribution in [0.1, 0.15) is 12.5 Å². The monoisotopic (exact) mass is 349 g/mol. The van der Waals surface area contributed by atoms with Crippen molar-refractivity contribution in [2.45, 2.75) is 6.92 Å². The van der Waals surface area contributed by atoms with Gasteiger partial charge in [0.05, 0.1) is 11.1 Å². The van der Waals surface area contributed by atoms with Gasteiger partial charge in [0.15, 0.2) is 5.82 Å². The quantitative estimate of drug-likeness (QED) is 0.568. The molecule has 0 bridgehead atoms. The molecule has 2 aromatic heterocycles. The van der Waals surface area contributed by atoms with Gasteiger partial charge in [-0.1, -0.05) is 53.8 Å². The molecule has 0 aliphatic heterocycles. The van der Waals surface area contributed by atoms with Gasteiger partial charge in [-0.2, -0.15) is 0 Å². The predicted octanol–water partition coefficient (Wildman–Crippen LogP) is 2.76. The van der Waals surface area contributed by atoms with Crippen LogP contribution in [-0.2, 0) is 0 Å². The number of rotatable bonds is 4. The Bertz CT molecular complexity index is 1120. The van der Waals surface area contributed by atoms with Gasteiger partial charge >= 0.3 is 0 Å². The molecule has 0 unspecified atom stereocenters. The summed E-state index contributed by atoms with van der Waals surface area (Å²) in [6.45, 7) is 2.58. The third-order valence-electron chi connectivity index (χ3n) is 3.77. The number of hydrogen-bond acceptors (Lipinski definition) is 5. The van der Waals surface area contributed by atoms with Gasteiger partial charge in [-0.05, 0) is 30.7 Å². The van der Waals surface area contributed by atoms with Gasteiger partial charge in [-0.3, -0.25) is 4.79 Å². The zero-order valence-electron chi connectivity index (χ0n) is 13.5. The summed E-state index contributed by atoms with van der Waals surface area (Å²) in [7, 11) is 0. The van der Waals surface area contributed by atoms with Crippen molar-refractivity contribution in [1.29, 1.82) is 0 Å². The average molecular weight is 349 g/mol. The molecule has 6 heteroatoms. The smallest absolute Gasteiger partial charge is 0.276 e. The molecule has 2 aromatic carbocycles. The Kier molecular flexibility index (Phi) is 4.03. The summed E-state index contributed by atoms with van der Waals surface area (Å²) in [6, 6.07) is 17.3. The van der Waals surface area contributed by atoms with Crippen LogP contribution in [0.2, 0.25) is 0 Å². The van der Waals surface area contributed by atoms with E-state index < -0.39 is 0 Å². The molecule has 0 aliphatic rings. The number of benzene rings is 2. The summed E-state index contributed by atoms with van der Waals surface area (Å²) in [5.41, 5.74) is 1.72. The number of hydrogen-bond donors (Lipinski definition) is 0. The summed E-state index contributed by atoms with van der Waals surface area (Å²) >= 11 is 1.34. The highest BCUT2D eigenvalue weighted by atomic mass is 32.1. The van der Waals surface area contributed by atoms with Crippen molar-refractivity contribution in [3.63, 3.8) is 0 Å². The van der Waals surface area contributed by atoms with E-state index in [1.165, 1.54) is 11.3 Å². The third-order valence-corrected chi connectivity index (χ3v) is 4.73. The molecule has 2 heterocycles. The van der Waals surface area contributed by atoms with Gasteiger partial charge in [0.2, 0.25) is 4.96 Å². The molecular weight excluding hydrogens is 334 g/mol. The number of fused-ring (bicyclic) bond motifs is 1. The Morgan fingerprint density at radius 3 is 2.56 bits per heavy atom. The second-order valence-corrected chi connectivity index (χ2v) is 6.43. The van der Waals surface area contributed by atoms with Crippen LogP contribution in [0.25, 0.3) is 22.4 Å². The van der Waals surface area contributed by atoms with E-state index in [2.05, 4.69) is 10.2 Å². The number of aromatic nitrogens is 3. The van der Waals surface area contributed by atoms with Gasteiger partial charge in [-0.25, -0.2) is 4.40 Å². The van der Waals surface area contributed by atoms with Gasteiger partial charge in [0.25, 0.3) is 5.56 Å². The molecule has 0 saturated heterocycles. The Labute approximate surface area is 147 Å². The minimum absolute atomic E-state index is 0.0993. The van der Waals surface area contributed by atoms with E-state index in [9.17, 15) is 4.79 Å². The van der Waals surface area contributed by atoms with Gasteiger partial charge in [0, 0.05) is 5.56 Å². The Balaban J connectivity index is 1.80. The van der Waals surface area contributed by atoms with Gasteiger partial charge in [-0.15, -0.1) is 10.2 Å². The van der Waals surface area contributed by atoms with E-state index in [1.807, 2.05) is 67.6 Å². The van der Waals surface area contributed by atoms with Crippen molar-refractivity contribution in [1.82, 2.24) is 14.6 Å². The summed E-state index contributed by atoms with van der Waals surface area (Å²) in [4.78, 5) is 13.4. The predicted molar refractivity (Wildman–Crippen MR) is 99.0 cm³/mol. The molecule has 5 nitrogen and oxygen atoms in total. The number of thiazole rings is 1. The van der Waals surface area contributed by atoms with E-state index in [1.54, 1.807) is 4.40 Å². The fourth-order valence-corrected chi connectivity index (χ4v) is 3.53. The average Bonchev–Trinajstić information content (AvgIpc) is 3.19. The van der Waals surface area contributed by atoms with Gasteiger partial charge in [0.1, 0.15) is 5.75 Å². The Morgan fingerprint density at radius 1 is 1.08 bits per heavy atom. The molecule has 0 amide bonds. The number of nitrogens with zero attached hydrogens (tertiary/aromatic N) is 3. The molecule has 4 aromatic rings. The maximum atomic E-state index is 12.8. The van der Waals surface area contributed by atoms with Crippen LogP contribution < -0.4 is 14.8 Å². The summed E-state index contributed by atoms with van der Waals surface area (Å²) in [6.07, 6.45) is 1.87. The van der Waals surface area contributed by atoms with Crippen LogP contribution in [0, 0.1) is 0 Å². The number of ether oxygens (including phenoxy) is 1. The van der Waals surface area contributed by atoms with E-state index in [4.69, 9.17) is 4.74 Å². The van der Waals surface area contributed by atoms with Crippen molar-refractivity contribution >= 4 is 22.4 Å². The fourth-order valence-electron chi connectivity index (χ4n) is 2.62. The van der Waals surface area contributed by atoms with Crippen molar-refractivity contribution in [3.8, 4) is 17.1 Å². The standard InChI is InChI=1S/C19H15N3O2S/c1-2-24-15-10-8-13(9-11-15)12-16-18(23)22-17(20-21-19(22)25-16)14-6-4-3-5-7-14/h3-12H,2H2,1H3. The Hall–Kier alpha value is -2.99. The van der Waals surface area contributed by atoms with Crippen LogP contribution in [0.5, 0.6) is 5.75 Å². The van der Waals surface area contributed by atoms with Crippen molar-refractivity contribution in [2.24, 2.45) is 0 Å². The normalized spacial score (nSPS) is 12.0. The SMILES string of the molecule is CCOc1ccc(C=c2sc3nnc(-c4ccccc4)n3c2=O)cc1. The first-order chi connectivity index (χ1) is 12.3. The summed E-state index contributed by atoms with van der Waals surface area (Å²) < 4.78 is 7.64. The molecule has 0 N–H and O–H groups in total. The molecule has 0 spiro atoms. The summed E-state index contributed by atoms with van der Waals surface area (Å²) in [5, 5.41) is 8.31. The highest BCUT2D eigenvalue weighted by Gasteiger charge is 2.13. The Morgan fingerprint density at radius 2 is 1.84 bits per heavy atom. The lowest BCUT2D eigenvalue weighted by molar-refractivity contribution is 0.340. The van der Waals surface area contributed by atoms with Crippen molar-refractivity contribution in [3.05, 3.63) is 75.0 Å². The maximum Gasteiger partial charge on any atom is 0.276 e. The zero-order valence-corrected chi connectivity index (χ0v) is 14.4. The molecule has 0 atom stereocenters. The first-order valence-corrected chi connectivity index (χ1v) is 8.76. The molecule has 0 fully saturated rings. The highest BCUT2D eigenvalue weighted by Crippen LogP contribution is 2.17. The van der Waals surface area contributed by atoms with Crippen LogP contribution in [0.4, 0.5) is 0 Å². The van der Waals surface area contributed by atoms with E-state index >= 15 is 0 Å². The third kappa shape index (κ3) is 2.92. The lowest BCUT2D eigenvalue weighted by Gasteiger charge is -2.01. The molecule has 25 heavy (non-hydrogen) atoms. The second-order valence-electron chi connectivity index (χ2n) is 5.43. The first-order valence-electron chi connectivity index (χ1n) is 7.94. The lowest BCUT2D eigenvalue weighted by atomic mass is 10.2. The molecule has 0 radical (unpaired) electrons. The first kappa shape index (κ1) is 15.5. The molecular formula is C19H15N3O2S. The highest BCUT2D eigenvalue weighted by molar-refractivity contribution is 7.15. The largest absolute Gasteiger partial charge is 0.494 e. The maximum absolute atomic E-state index is 12.8. The van der Waals surface area contributed by atoms with E-state index in [0.29, 0.717) is 21.9 Å². The molecule has 124 valence electrons. The fraction of sp³-hybridized carbons (Fsp3) is 0.105. The van der Waals surface area contributed by atoms with Crippen molar-refractivity contribution < 1.29 is 4.74 Å². The minimum Gasteiger partial charge on any atom is -0.494 e.